The Labute approximate surface area is 145 Å². The molecule has 1 N–H and O–H groups in total. The molecule has 1 atom stereocenters. The molecule has 0 saturated carbocycles. The molecular weight excluding hydrogens is 359 g/mol. The zero-order chi connectivity index (χ0) is 17.7. The molecule has 2 aromatic rings. The SMILES string of the molecule is CC[C@H](C)NC(=O)CSc1nc(-c2cccs2)cc(C(F)(F)F)n1. The van der Waals surface area contributed by atoms with Crippen LogP contribution >= 0.6 is 23.1 Å². The maximum Gasteiger partial charge on any atom is 0.433 e. The number of rotatable bonds is 6. The number of hydrogen-bond acceptors (Lipinski definition) is 5. The predicted octanol–water partition coefficient (Wildman–Crippen LogP) is 4.23. The van der Waals surface area contributed by atoms with Gasteiger partial charge >= 0.3 is 6.18 Å². The number of alkyl halides is 3. The van der Waals surface area contributed by atoms with Crippen LogP contribution in [-0.2, 0) is 11.0 Å². The van der Waals surface area contributed by atoms with Crippen LogP contribution in [0, 0.1) is 0 Å². The number of hydrogen-bond donors (Lipinski definition) is 1. The van der Waals surface area contributed by atoms with Gasteiger partial charge in [0, 0.05) is 6.04 Å². The van der Waals surface area contributed by atoms with E-state index in [1.165, 1.54) is 11.3 Å². The average molecular weight is 375 g/mol. The Morgan fingerprint density at radius 2 is 2.17 bits per heavy atom. The first-order valence-electron chi connectivity index (χ1n) is 7.22. The van der Waals surface area contributed by atoms with Gasteiger partial charge in [0.2, 0.25) is 5.91 Å². The van der Waals surface area contributed by atoms with Crippen LogP contribution in [0.2, 0.25) is 0 Å². The van der Waals surface area contributed by atoms with Crippen molar-refractivity contribution in [3.05, 3.63) is 29.3 Å². The van der Waals surface area contributed by atoms with Crippen molar-refractivity contribution < 1.29 is 18.0 Å². The highest BCUT2D eigenvalue weighted by Gasteiger charge is 2.34. The molecule has 2 heterocycles. The summed E-state index contributed by atoms with van der Waals surface area (Å²) < 4.78 is 39.1. The lowest BCUT2D eigenvalue weighted by Crippen LogP contribution is -2.33. The highest BCUT2D eigenvalue weighted by Crippen LogP contribution is 2.33. The van der Waals surface area contributed by atoms with Crippen LogP contribution in [0.3, 0.4) is 0 Å². The molecule has 0 aliphatic carbocycles. The van der Waals surface area contributed by atoms with Gasteiger partial charge in [0.15, 0.2) is 5.16 Å². The molecule has 130 valence electrons. The Bertz CT molecular complexity index is 690. The fraction of sp³-hybridized carbons (Fsp3) is 0.400. The molecule has 0 bridgehead atoms. The molecule has 24 heavy (non-hydrogen) atoms. The molecule has 1 amide bonds. The van der Waals surface area contributed by atoms with Gasteiger partial charge in [-0.2, -0.15) is 13.2 Å². The molecule has 2 rings (SSSR count). The van der Waals surface area contributed by atoms with Crippen molar-refractivity contribution in [2.45, 2.75) is 37.6 Å². The van der Waals surface area contributed by atoms with Gasteiger partial charge in [0.25, 0.3) is 0 Å². The van der Waals surface area contributed by atoms with Gasteiger partial charge in [-0.05, 0) is 30.9 Å². The largest absolute Gasteiger partial charge is 0.433 e. The third-order valence-corrected chi connectivity index (χ3v) is 4.86. The molecule has 0 unspecified atom stereocenters. The molecule has 0 fully saturated rings. The van der Waals surface area contributed by atoms with Crippen molar-refractivity contribution in [1.29, 1.82) is 0 Å². The van der Waals surface area contributed by atoms with Crippen molar-refractivity contribution in [2.24, 2.45) is 0 Å². The van der Waals surface area contributed by atoms with Gasteiger partial charge in [-0.1, -0.05) is 24.8 Å². The smallest absolute Gasteiger partial charge is 0.353 e. The molecule has 0 aromatic carbocycles. The van der Waals surface area contributed by atoms with Crippen LogP contribution in [0.25, 0.3) is 10.6 Å². The van der Waals surface area contributed by atoms with Crippen LogP contribution in [0.5, 0.6) is 0 Å². The predicted molar refractivity (Wildman–Crippen MR) is 89.0 cm³/mol. The minimum atomic E-state index is -4.57. The molecule has 2 aromatic heterocycles. The Balaban J connectivity index is 2.20. The maximum absolute atomic E-state index is 13.0. The number of thiophene rings is 1. The Hall–Kier alpha value is -1.61. The van der Waals surface area contributed by atoms with Gasteiger partial charge in [-0.15, -0.1) is 11.3 Å². The maximum atomic E-state index is 13.0. The third-order valence-electron chi connectivity index (χ3n) is 3.12. The molecule has 0 aliphatic rings. The van der Waals surface area contributed by atoms with Crippen LogP contribution in [0.4, 0.5) is 13.2 Å². The number of carbonyl (C=O) groups is 1. The summed E-state index contributed by atoms with van der Waals surface area (Å²) in [6.07, 6.45) is -3.79. The van der Waals surface area contributed by atoms with Crippen molar-refractivity contribution in [2.75, 3.05) is 5.75 Å². The molecule has 0 spiro atoms. The fourth-order valence-electron chi connectivity index (χ4n) is 1.73. The number of amides is 1. The Morgan fingerprint density at radius 1 is 1.42 bits per heavy atom. The molecular formula is C15H16F3N3OS2. The highest BCUT2D eigenvalue weighted by atomic mass is 32.2. The first-order valence-corrected chi connectivity index (χ1v) is 9.08. The van der Waals surface area contributed by atoms with Crippen molar-refractivity contribution >= 4 is 29.0 Å². The lowest BCUT2D eigenvalue weighted by atomic mass is 10.3. The van der Waals surface area contributed by atoms with E-state index in [0.29, 0.717) is 4.88 Å². The summed E-state index contributed by atoms with van der Waals surface area (Å²) >= 11 is 2.19. The zero-order valence-electron chi connectivity index (χ0n) is 13.1. The number of nitrogens with one attached hydrogen (secondary N) is 1. The quantitative estimate of drug-likeness (QED) is 0.606. The zero-order valence-corrected chi connectivity index (χ0v) is 14.7. The van der Waals surface area contributed by atoms with Crippen molar-refractivity contribution in [3.63, 3.8) is 0 Å². The van der Waals surface area contributed by atoms with Gasteiger partial charge < -0.3 is 5.32 Å². The average Bonchev–Trinajstić information content (AvgIpc) is 3.06. The van der Waals surface area contributed by atoms with E-state index < -0.39 is 11.9 Å². The summed E-state index contributed by atoms with van der Waals surface area (Å²) in [5.74, 6) is -0.289. The summed E-state index contributed by atoms with van der Waals surface area (Å²) in [6.45, 7) is 3.79. The van der Waals surface area contributed by atoms with E-state index in [-0.39, 0.29) is 28.6 Å². The number of carbonyl (C=O) groups excluding carboxylic acids is 1. The number of thioether (sulfide) groups is 1. The lowest BCUT2D eigenvalue weighted by molar-refractivity contribution is -0.141. The second-order valence-corrected chi connectivity index (χ2v) is 6.95. The summed E-state index contributed by atoms with van der Waals surface area (Å²) in [6, 6.07) is 4.37. The minimum absolute atomic E-state index is 0.0159. The molecule has 0 saturated heterocycles. The molecule has 9 heteroatoms. The highest BCUT2D eigenvalue weighted by molar-refractivity contribution is 7.99. The van der Waals surface area contributed by atoms with Crippen molar-refractivity contribution in [3.8, 4) is 10.6 Å². The lowest BCUT2D eigenvalue weighted by Gasteiger charge is -2.12. The standard InChI is InChI=1S/C15H16F3N3OS2/c1-3-9(2)19-13(22)8-24-14-20-10(11-5-4-6-23-11)7-12(21-14)15(16,17)18/h4-7,9H,3,8H2,1-2H3,(H,19,22)/t9-/m0/s1. The molecule has 0 radical (unpaired) electrons. The topological polar surface area (TPSA) is 54.9 Å². The second-order valence-electron chi connectivity index (χ2n) is 5.06. The second kappa shape index (κ2) is 7.98. The van der Waals surface area contributed by atoms with Crippen LogP contribution in [-0.4, -0.2) is 27.7 Å². The van der Waals surface area contributed by atoms with Gasteiger partial charge in [-0.3, -0.25) is 4.79 Å². The van der Waals surface area contributed by atoms with E-state index in [1.807, 2.05) is 13.8 Å². The monoisotopic (exact) mass is 375 g/mol. The van der Waals surface area contributed by atoms with E-state index in [0.717, 1.165) is 24.2 Å². The third kappa shape index (κ3) is 5.20. The van der Waals surface area contributed by atoms with Crippen LogP contribution in [0.15, 0.2) is 28.7 Å². The summed E-state index contributed by atoms with van der Waals surface area (Å²) in [5.41, 5.74) is -0.803. The normalized spacial score (nSPS) is 12.9. The molecule has 0 aliphatic heterocycles. The van der Waals surface area contributed by atoms with Crippen LogP contribution in [0.1, 0.15) is 26.0 Å². The van der Waals surface area contributed by atoms with Gasteiger partial charge in [0.05, 0.1) is 16.3 Å². The molecule has 4 nitrogen and oxygen atoms in total. The Kier molecular flexibility index (Phi) is 6.22. The van der Waals surface area contributed by atoms with E-state index in [9.17, 15) is 18.0 Å². The minimum Gasteiger partial charge on any atom is -0.353 e. The number of halogens is 3. The summed E-state index contributed by atoms with van der Waals surface area (Å²) in [4.78, 5) is 20.1. The summed E-state index contributed by atoms with van der Waals surface area (Å²) in [5, 5.41) is 4.45. The number of nitrogens with zero attached hydrogens (tertiary/aromatic N) is 2. The summed E-state index contributed by atoms with van der Waals surface area (Å²) in [7, 11) is 0. The van der Waals surface area contributed by atoms with Gasteiger partial charge in [0.1, 0.15) is 5.69 Å². The first-order chi connectivity index (χ1) is 11.3. The van der Waals surface area contributed by atoms with E-state index >= 15 is 0 Å². The Morgan fingerprint density at radius 3 is 2.75 bits per heavy atom. The first kappa shape index (κ1) is 18.7. The van der Waals surface area contributed by atoms with Crippen molar-refractivity contribution in [1.82, 2.24) is 15.3 Å². The van der Waals surface area contributed by atoms with E-state index in [2.05, 4.69) is 15.3 Å². The fourth-order valence-corrected chi connectivity index (χ4v) is 3.09. The van der Waals surface area contributed by atoms with E-state index in [1.54, 1.807) is 17.5 Å². The van der Waals surface area contributed by atoms with Gasteiger partial charge in [-0.25, -0.2) is 9.97 Å². The van der Waals surface area contributed by atoms with Crippen LogP contribution < -0.4 is 5.32 Å². The van der Waals surface area contributed by atoms with E-state index in [4.69, 9.17) is 0 Å². The number of aromatic nitrogens is 2.